The Morgan fingerprint density at radius 2 is 2.18 bits per heavy atom. The number of hydrogen-bond acceptors (Lipinski definition) is 2. The number of H-pyrrole nitrogens is 1. The first-order chi connectivity index (χ1) is 5.27. The lowest BCUT2D eigenvalue weighted by Crippen LogP contribution is -1.76. The molecule has 1 aromatic heterocycles. The largest absolute Gasteiger partial charge is 0.349 e. The van der Waals surface area contributed by atoms with Crippen LogP contribution in [-0.4, -0.2) is 17.5 Å². The molecule has 0 bridgehead atoms. The third-order valence-electron chi connectivity index (χ3n) is 1.43. The van der Waals surface area contributed by atoms with Crippen molar-refractivity contribution in [3.05, 3.63) is 24.4 Å². The maximum absolute atomic E-state index is 3.91. The van der Waals surface area contributed by atoms with E-state index in [2.05, 4.69) is 30.0 Å². The van der Waals surface area contributed by atoms with Crippen molar-refractivity contribution in [3.8, 4) is 0 Å². The highest BCUT2D eigenvalue weighted by Crippen LogP contribution is 2.24. The van der Waals surface area contributed by atoms with Gasteiger partial charge in [-0.25, -0.2) is 0 Å². The molecule has 0 aliphatic carbocycles. The van der Waals surface area contributed by atoms with Gasteiger partial charge in [-0.3, -0.25) is 0 Å². The quantitative estimate of drug-likeness (QED) is 0.728. The minimum Gasteiger partial charge on any atom is -0.349 e. The third-order valence-corrected chi connectivity index (χ3v) is 2.82. The lowest BCUT2D eigenvalue weighted by molar-refractivity contribution is 1.19. The number of aromatic nitrogens is 1. The summed E-state index contributed by atoms with van der Waals surface area (Å²) in [7, 11) is 0. The van der Waals surface area contributed by atoms with Gasteiger partial charge in [0.15, 0.2) is 0 Å². The first kappa shape index (κ1) is 8.81. The lowest BCUT2D eigenvalue weighted by atomic mass is 10.4. The molecular weight excluding hydrogens is 174 g/mol. The monoisotopic (exact) mass is 185 g/mol. The molecule has 3 heteroatoms. The summed E-state index contributed by atoms with van der Waals surface area (Å²) in [4.78, 5) is 4.34. The van der Waals surface area contributed by atoms with Crippen molar-refractivity contribution in [3.63, 3.8) is 0 Å². The molecule has 1 heterocycles. The maximum atomic E-state index is 3.91. The van der Waals surface area contributed by atoms with Gasteiger partial charge in [0, 0.05) is 4.91 Å². The van der Waals surface area contributed by atoms with E-state index >= 15 is 0 Å². The van der Waals surface area contributed by atoms with Crippen molar-refractivity contribution in [2.24, 2.45) is 0 Å². The van der Waals surface area contributed by atoms with Gasteiger partial charge in [-0.05, 0) is 24.6 Å². The van der Waals surface area contributed by atoms with Gasteiger partial charge in [-0.2, -0.15) is 0 Å². The molecule has 1 nitrogen and oxygen atoms in total. The molecule has 0 aliphatic rings. The second kappa shape index (κ2) is 3.93. The van der Waals surface area contributed by atoms with Crippen LogP contribution in [0.1, 0.15) is 5.69 Å². The van der Waals surface area contributed by atoms with Gasteiger partial charge in [0.05, 0.1) is 10.7 Å². The van der Waals surface area contributed by atoms with E-state index in [-0.39, 0.29) is 0 Å². The van der Waals surface area contributed by atoms with Crippen molar-refractivity contribution in [1.29, 1.82) is 0 Å². The van der Waals surface area contributed by atoms with Crippen LogP contribution in [0.15, 0.2) is 23.7 Å². The van der Waals surface area contributed by atoms with Gasteiger partial charge in [0.1, 0.15) is 0 Å². The fraction of sp³-hybridized carbons (Fsp3) is 0.250. The normalized spacial score (nSPS) is 10.0. The standard InChI is InChI=1S/C8H11NS2/c1-6(10-2)7-4-5-8(9-7)11-3/h4-5,9H,1H2,2-3H3. The Morgan fingerprint density at radius 1 is 1.45 bits per heavy atom. The predicted molar refractivity (Wildman–Crippen MR) is 55.1 cm³/mol. The fourth-order valence-corrected chi connectivity index (χ4v) is 1.52. The molecule has 0 saturated heterocycles. The molecule has 0 unspecified atom stereocenters. The summed E-state index contributed by atoms with van der Waals surface area (Å²) in [5.41, 5.74) is 1.13. The Labute approximate surface area is 75.7 Å². The van der Waals surface area contributed by atoms with E-state index in [0.29, 0.717) is 0 Å². The van der Waals surface area contributed by atoms with E-state index in [4.69, 9.17) is 0 Å². The molecule has 0 spiro atoms. The Bertz CT molecular complexity index is 252. The number of aromatic amines is 1. The first-order valence-electron chi connectivity index (χ1n) is 3.24. The van der Waals surface area contributed by atoms with Gasteiger partial charge in [0.25, 0.3) is 0 Å². The zero-order valence-electron chi connectivity index (χ0n) is 6.68. The average molecular weight is 185 g/mol. The van der Waals surface area contributed by atoms with E-state index < -0.39 is 0 Å². The third kappa shape index (κ3) is 2.07. The summed E-state index contributed by atoms with van der Waals surface area (Å²) in [6, 6.07) is 4.13. The second-order valence-electron chi connectivity index (χ2n) is 2.07. The molecule has 1 N–H and O–H groups in total. The van der Waals surface area contributed by atoms with Gasteiger partial charge in [-0.1, -0.05) is 6.58 Å². The molecule has 0 atom stereocenters. The summed E-state index contributed by atoms with van der Waals surface area (Å²) < 4.78 is 0. The summed E-state index contributed by atoms with van der Waals surface area (Å²) in [6.45, 7) is 3.91. The summed E-state index contributed by atoms with van der Waals surface area (Å²) in [6.07, 6.45) is 4.08. The first-order valence-corrected chi connectivity index (χ1v) is 5.69. The molecular formula is C8H11NS2. The van der Waals surface area contributed by atoms with Crippen LogP contribution >= 0.6 is 23.5 Å². The minimum absolute atomic E-state index is 1.09. The van der Waals surface area contributed by atoms with Gasteiger partial charge in [0.2, 0.25) is 0 Å². The van der Waals surface area contributed by atoms with Gasteiger partial charge >= 0.3 is 0 Å². The van der Waals surface area contributed by atoms with E-state index in [9.17, 15) is 0 Å². The highest BCUT2D eigenvalue weighted by Gasteiger charge is 1.99. The number of thioether (sulfide) groups is 2. The SMILES string of the molecule is C=C(SC)c1ccc(SC)[nH]1. The van der Waals surface area contributed by atoms with Crippen molar-refractivity contribution >= 4 is 28.4 Å². The Kier molecular flexibility index (Phi) is 3.15. The van der Waals surface area contributed by atoms with Gasteiger partial charge < -0.3 is 4.98 Å². The molecule has 0 radical (unpaired) electrons. The lowest BCUT2D eigenvalue weighted by Gasteiger charge is -1.96. The summed E-state index contributed by atoms with van der Waals surface area (Å²) in [5.74, 6) is 0. The van der Waals surface area contributed by atoms with Crippen molar-refractivity contribution in [1.82, 2.24) is 4.98 Å². The fourth-order valence-electron chi connectivity index (χ4n) is 0.767. The minimum atomic E-state index is 1.09. The Balaban J connectivity index is 2.80. The zero-order chi connectivity index (χ0) is 8.27. The number of nitrogens with one attached hydrogen (secondary N) is 1. The molecule has 1 rings (SSSR count). The van der Waals surface area contributed by atoms with Crippen LogP contribution in [0.5, 0.6) is 0 Å². The van der Waals surface area contributed by atoms with Crippen molar-refractivity contribution < 1.29 is 0 Å². The highest BCUT2D eigenvalue weighted by molar-refractivity contribution is 8.07. The van der Waals surface area contributed by atoms with Crippen LogP contribution in [0.3, 0.4) is 0 Å². The summed E-state index contributed by atoms with van der Waals surface area (Å²) in [5, 5.41) is 1.19. The van der Waals surface area contributed by atoms with Crippen LogP contribution in [0, 0.1) is 0 Å². The number of hydrogen-bond donors (Lipinski definition) is 1. The molecule has 0 amide bonds. The molecule has 0 aromatic carbocycles. The smallest absolute Gasteiger partial charge is 0.0723 e. The van der Waals surface area contributed by atoms with E-state index in [1.165, 1.54) is 5.03 Å². The van der Waals surface area contributed by atoms with E-state index in [0.717, 1.165) is 10.6 Å². The molecule has 60 valence electrons. The van der Waals surface area contributed by atoms with E-state index in [1.54, 1.807) is 23.5 Å². The predicted octanol–water partition coefficient (Wildman–Crippen LogP) is 3.07. The maximum Gasteiger partial charge on any atom is 0.0723 e. The Hall–Kier alpha value is -0.280. The molecule has 1 aromatic rings. The molecule has 11 heavy (non-hydrogen) atoms. The zero-order valence-corrected chi connectivity index (χ0v) is 8.31. The van der Waals surface area contributed by atoms with Crippen LogP contribution in [0.25, 0.3) is 4.91 Å². The van der Waals surface area contributed by atoms with Crippen molar-refractivity contribution in [2.45, 2.75) is 5.03 Å². The van der Waals surface area contributed by atoms with Gasteiger partial charge in [-0.15, -0.1) is 23.5 Å². The molecule has 0 aliphatic heterocycles. The highest BCUT2D eigenvalue weighted by atomic mass is 32.2. The van der Waals surface area contributed by atoms with Crippen LogP contribution in [0.4, 0.5) is 0 Å². The second-order valence-corrected chi connectivity index (χ2v) is 3.82. The van der Waals surface area contributed by atoms with E-state index in [1.807, 2.05) is 6.26 Å². The topological polar surface area (TPSA) is 15.8 Å². The van der Waals surface area contributed by atoms with Crippen LogP contribution in [-0.2, 0) is 0 Å². The van der Waals surface area contributed by atoms with Crippen LogP contribution < -0.4 is 0 Å². The average Bonchev–Trinajstić information content (AvgIpc) is 2.50. The Morgan fingerprint density at radius 3 is 2.64 bits per heavy atom. The molecule has 0 fully saturated rings. The number of rotatable bonds is 3. The molecule has 0 saturated carbocycles. The van der Waals surface area contributed by atoms with Crippen LogP contribution in [0.2, 0.25) is 0 Å². The van der Waals surface area contributed by atoms with Crippen molar-refractivity contribution in [2.75, 3.05) is 12.5 Å². The summed E-state index contributed by atoms with van der Waals surface area (Å²) >= 11 is 3.38.